The molecule has 0 spiro atoms. The van der Waals surface area contributed by atoms with E-state index >= 15 is 0 Å². The van der Waals surface area contributed by atoms with Gasteiger partial charge in [-0.3, -0.25) is 0 Å². The number of isocyanates is 4. The van der Waals surface area contributed by atoms with E-state index in [2.05, 4.69) is 20.0 Å². The fourth-order valence-corrected chi connectivity index (χ4v) is 5.98. The van der Waals surface area contributed by atoms with E-state index in [0.717, 1.165) is 0 Å². The molecule has 28 nitrogen and oxygen atoms in total. The topological polar surface area (TPSA) is 365 Å². The van der Waals surface area contributed by atoms with Gasteiger partial charge in [0.05, 0.1) is 71.4 Å². The molecule has 0 fully saturated rings. The number of hydrogen-bond acceptors (Lipinski definition) is 28. The zero-order valence-corrected chi connectivity index (χ0v) is 42.6. The van der Waals surface area contributed by atoms with E-state index in [1.807, 2.05) is 0 Å². The zero-order valence-electron chi connectivity index (χ0n) is 42.6. The maximum Gasteiger partial charge on any atom is 0.338 e. The predicted molar refractivity (Wildman–Crippen MR) is 268 cm³/mol. The lowest BCUT2D eigenvalue weighted by molar-refractivity contribution is -0.176. The minimum absolute atomic E-state index is 0.123. The maximum absolute atomic E-state index is 13.0. The van der Waals surface area contributed by atoms with E-state index in [1.165, 1.54) is 121 Å². The summed E-state index contributed by atoms with van der Waals surface area (Å²) >= 11 is 0. The van der Waals surface area contributed by atoms with Crippen LogP contribution in [0.15, 0.2) is 117 Å². The molecule has 0 saturated carbocycles. The molecule has 4 rings (SSSR count). The largest absolute Gasteiger partial charge is 0.463 e. The number of nitrogens with zero attached hydrogens (tertiary/aromatic N) is 4. The van der Waals surface area contributed by atoms with E-state index in [4.69, 9.17) is 56.8 Å². The van der Waals surface area contributed by atoms with Crippen molar-refractivity contribution in [3.05, 3.63) is 119 Å². The van der Waals surface area contributed by atoms with Gasteiger partial charge in [-0.15, -0.1) is 0 Å². The molecule has 0 atom stereocenters. The first-order valence-electron chi connectivity index (χ1n) is 23.6. The minimum atomic E-state index is -1.90. The lowest BCUT2D eigenvalue weighted by Gasteiger charge is -2.31. The van der Waals surface area contributed by atoms with Crippen LogP contribution in [0.25, 0.3) is 0 Å². The van der Waals surface area contributed by atoms with Gasteiger partial charge < -0.3 is 56.8 Å². The van der Waals surface area contributed by atoms with Crippen LogP contribution < -0.4 is 0 Å². The van der Waals surface area contributed by atoms with Crippen LogP contribution in [-0.4, -0.2) is 178 Å². The van der Waals surface area contributed by atoms with Gasteiger partial charge in [0.2, 0.25) is 24.3 Å². The molecule has 0 bridgehead atoms. The van der Waals surface area contributed by atoms with Gasteiger partial charge in [0.15, 0.2) is 0 Å². The monoisotopic (exact) mass is 1120 g/mol. The summed E-state index contributed by atoms with van der Waals surface area (Å²) in [6.07, 6.45) is 5.49. The van der Waals surface area contributed by atoms with Crippen LogP contribution in [0.2, 0.25) is 0 Å². The molecule has 424 valence electrons. The Kier molecular flexibility index (Phi) is 28.4. The molecule has 0 aliphatic carbocycles. The van der Waals surface area contributed by atoms with Gasteiger partial charge in [-0.25, -0.2) is 57.5 Å². The minimum Gasteiger partial charge on any atom is -0.463 e. The van der Waals surface area contributed by atoms with Crippen molar-refractivity contribution in [3.63, 3.8) is 0 Å². The fourth-order valence-electron chi connectivity index (χ4n) is 5.98. The number of hydrogen-bond donors (Lipinski definition) is 0. The Labute approximate surface area is 458 Å². The summed E-state index contributed by atoms with van der Waals surface area (Å²) in [4.78, 5) is 157. The van der Waals surface area contributed by atoms with Crippen LogP contribution in [0.5, 0.6) is 0 Å². The number of aliphatic imine (C=N–C) groups is 4. The first kappa shape index (κ1) is 63.5. The quantitative estimate of drug-likeness (QED) is 0.0207. The van der Waals surface area contributed by atoms with Gasteiger partial charge in [-0.2, -0.15) is 20.0 Å². The highest BCUT2D eigenvalue weighted by atomic mass is 16.6. The van der Waals surface area contributed by atoms with E-state index in [9.17, 15) is 57.5 Å². The Morgan fingerprint density at radius 1 is 0.296 bits per heavy atom. The van der Waals surface area contributed by atoms with E-state index in [1.54, 1.807) is 0 Å². The lowest BCUT2D eigenvalue weighted by Crippen LogP contribution is -2.45. The van der Waals surface area contributed by atoms with Crippen molar-refractivity contribution in [2.45, 2.75) is 0 Å². The number of ether oxygens (including phenoxy) is 12. The Morgan fingerprint density at radius 2 is 0.494 bits per heavy atom. The van der Waals surface area contributed by atoms with Gasteiger partial charge in [0.25, 0.3) is 0 Å². The van der Waals surface area contributed by atoms with Crippen LogP contribution in [0.1, 0.15) is 41.4 Å². The summed E-state index contributed by atoms with van der Waals surface area (Å²) in [5, 5.41) is 0. The molecule has 0 saturated heterocycles. The SMILES string of the molecule is O=C=Nc1ccc(C(=O)OCCOCC(=O)OCC(COC(=O)COCCOC(=O)c2ccc(N=C=O)cc2)(COC(=O)COCCOC(=O)c2ccc(N=C=O)cc2)COC(=O)COCCOC(=O)c2ccc(N=C=O)cc2)cc1. The van der Waals surface area contributed by atoms with Crippen LogP contribution in [-0.2, 0) is 95.2 Å². The second kappa shape index (κ2) is 36.2. The first-order chi connectivity index (χ1) is 39.3. The smallest absolute Gasteiger partial charge is 0.338 e. The Balaban J connectivity index is 1.38. The normalized spacial score (nSPS) is 11.0. The van der Waals surface area contributed by atoms with Crippen molar-refractivity contribution in [2.24, 2.45) is 25.4 Å². The Hall–Kier alpha value is -10.0. The highest BCUT2D eigenvalue weighted by Crippen LogP contribution is 2.23. The molecule has 0 radical (unpaired) electrons. The Morgan fingerprint density at radius 3 is 0.679 bits per heavy atom. The first-order valence-corrected chi connectivity index (χ1v) is 23.6. The van der Waals surface area contributed by atoms with Gasteiger partial charge in [0.1, 0.15) is 84.7 Å². The second-order valence-electron chi connectivity index (χ2n) is 15.9. The molecular weight excluding hydrogens is 1080 g/mol. The fraction of sp³-hybridized carbons (Fsp3) is 0.321. The average molecular weight is 1120 g/mol. The third-order valence-corrected chi connectivity index (χ3v) is 9.99. The van der Waals surface area contributed by atoms with Gasteiger partial charge in [0, 0.05) is 0 Å². The standard InChI is InChI=1S/C53H48N4O24/c58-33-54-41-9-1-37(2-10-41)49(66)74-21-17-70-25-45(62)78-29-53(30-79-46(63)26-71-18-22-75-50(67)38-3-11-42(12-4-38)55-34-59,31-80-47(64)27-72-19-23-76-51(68)39-5-13-43(14-6-39)56-35-60)32-81-48(65)28-73-20-24-77-52(69)40-7-15-44(16-8-40)57-36-61/h1-16H,17-32H2. The Bertz CT molecular complexity index is 2560. The lowest BCUT2D eigenvalue weighted by atomic mass is 9.92. The van der Waals surface area contributed by atoms with Crippen LogP contribution in [0, 0.1) is 5.41 Å². The molecule has 0 aliphatic heterocycles. The number of esters is 8. The molecule has 28 heteroatoms. The van der Waals surface area contributed by atoms with Crippen LogP contribution >= 0.6 is 0 Å². The molecule has 0 N–H and O–H groups in total. The third kappa shape index (κ3) is 24.9. The van der Waals surface area contributed by atoms with Crippen molar-refractivity contribution >= 4 is 94.8 Å². The molecule has 0 heterocycles. The predicted octanol–water partition coefficient (Wildman–Crippen LogP) is 3.51. The van der Waals surface area contributed by atoms with E-state index in [0.29, 0.717) is 0 Å². The van der Waals surface area contributed by atoms with Crippen molar-refractivity contribution in [1.29, 1.82) is 0 Å². The number of carbonyl (C=O) groups is 8. The summed E-state index contributed by atoms with van der Waals surface area (Å²) in [6, 6.07) is 21.9. The highest BCUT2D eigenvalue weighted by molar-refractivity contribution is 5.91. The molecular formula is C53H48N4O24. The van der Waals surface area contributed by atoms with Crippen molar-refractivity contribution < 1.29 is 114 Å². The summed E-state index contributed by atoms with van der Waals surface area (Å²) in [7, 11) is 0. The van der Waals surface area contributed by atoms with Crippen molar-refractivity contribution in [2.75, 3.05) is 106 Å². The molecule has 0 aromatic heterocycles. The average Bonchev–Trinajstić information content (AvgIpc) is 3.47. The highest BCUT2D eigenvalue weighted by Gasteiger charge is 2.38. The molecule has 4 aromatic carbocycles. The number of benzene rings is 4. The van der Waals surface area contributed by atoms with E-state index < -0.39 is 106 Å². The van der Waals surface area contributed by atoms with Crippen LogP contribution in [0.4, 0.5) is 22.7 Å². The summed E-state index contributed by atoms with van der Waals surface area (Å²) < 4.78 is 63.3. The summed E-state index contributed by atoms with van der Waals surface area (Å²) in [5.41, 5.74) is -0.387. The van der Waals surface area contributed by atoms with Gasteiger partial charge >= 0.3 is 47.8 Å². The molecule has 81 heavy (non-hydrogen) atoms. The number of carbonyl (C=O) groups excluding carboxylic acids is 12. The van der Waals surface area contributed by atoms with Crippen molar-refractivity contribution in [3.8, 4) is 0 Å². The molecule has 4 aromatic rings. The molecule has 0 amide bonds. The number of rotatable bonds is 36. The van der Waals surface area contributed by atoms with Gasteiger partial charge in [-0.1, -0.05) is 0 Å². The summed E-state index contributed by atoms with van der Waals surface area (Å²) in [5.74, 6) is -7.21. The zero-order chi connectivity index (χ0) is 58.5. The van der Waals surface area contributed by atoms with Gasteiger partial charge in [-0.05, 0) is 97.1 Å². The summed E-state index contributed by atoms with van der Waals surface area (Å²) in [6.45, 7) is -8.59. The maximum atomic E-state index is 13.0. The van der Waals surface area contributed by atoms with Crippen LogP contribution in [0.3, 0.4) is 0 Å². The van der Waals surface area contributed by atoms with E-state index in [-0.39, 0.29) is 97.9 Å². The molecule has 0 aliphatic rings. The third-order valence-electron chi connectivity index (χ3n) is 9.99. The van der Waals surface area contributed by atoms with Crippen molar-refractivity contribution in [1.82, 2.24) is 0 Å². The second-order valence-corrected chi connectivity index (χ2v) is 15.9. The molecule has 0 unspecified atom stereocenters.